The van der Waals surface area contributed by atoms with Crippen LogP contribution in [0.25, 0.3) is 0 Å². The number of nitriles is 1. The van der Waals surface area contributed by atoms with Gasteiger partial charge in [-0.05, 0) is 37.5 Å². The van der Waals surface area contributed by atoms with E-state index in [0.717, 1.165) is 44.0 Å². The Morgan fingerprint density at radius 1 is 1.36 bits per heavy atom. The van der Waals surface area contributed by atoms with E-state index in [1.807, 2.05) is 25.1 Å². The summed E-state index contributed by atoms with van der Waals surface area (Å²) in [6.45, 7) is 5.69. The van der Waals surface area contributed by atoms with Crippen molar-refractivity contribution < 1.29 is 8.42 Å². The van der Waals surface area contributed by atoms with Crippen LogP contribution in [-0.4, -0.2) is 63.5 Å². The molecule has 1 fully saturated rings. The first-order chi connectivity index (χ1) is 12.9. The molecule has 1 aromatic carbocycles. The van der Waals surface area contributed by atoms with Crippen LogP contribution in [-0.2, 0) is 16.4 Å². The molecule has 1 aliphatic rings. The zero-order valence-corrected chi connectivity index (χ0v) is 19.7. The van der Waals surface area contributed by atoms with Gasteiger partial charge in [0.05, 0.1) is 23.9 Å². The first kappa shape index (κ1) is 24.7. The molecule has 1 aliphatic heterocycles. The molecule has 0 amide bonds. The molecule has 0 atom stereocenters. The number of piperidine rings is 1. The minimum Gasteiger partial charge on any atom is -0.357 e. The summed E-state index contributed by atoms with van der Waals surface area (Å²) in [5.41, 5.74) is 1.64. The maximum Gasteiger partial charge on any atom is 0.191 e. The van der Waals surface area contributed by atoms with E-state index in [1.54, 1.807) is 6.07 Å². The quantitative estimate of drug-likeness (QED) is 0.324. The number of nitrogens with zero attached hydrogens (tertiary/aromatic N) is 3. The van der Waals surface area contributed by atoms with Crippen LogP contribution in [0, 0.1) is 11.3 Å². The Kier molecular flexibility index (Phi) is 10.8. The summed E-state index contributed by atoms with van der Waals surface area (Å²) in [5.74, 6) is 0.992. The predicted molar refractivity (Wildman–Crippen MR) is 124 cm³/mol. The van der Waals surface area contributed by atoms with Gasteiger partial charge in [-0.1, -0.05) is 12.1 Å². The number of aliphatic imine (C=N–C) groups is 1. The first-order valence-electron chi connectivity index (χ1n) is 9.33. The van der Waals surface area contributed by atoms with Crippen molar-refractivity contribution in [2.24, 2.45) is 4.99 Å². The molecule has 2 N–H and O–H groups in total. The van der Waals surface area contributed by atoms with Gasteiger partial charge >= 0.3 is 0 Å². The van der Waals surface area contributed by atoms with Crippen molar-refractivity contribution in [3.63, 3.8) is 0 Å². The lowest BCUT2D eigenvalue weighted by Crippen LogP contribution is -2.49. The number of halogens is 1. The van der Waals surface area contributed by atoms with E-state index >= 15 is 0 Å². The molecule has 0 radical (unpaired) electrons. The molecule has 0 aliphatic carbocycles. The number of hydrogen-bond donors (Lipinski definition) is 2. The molecular formula is C19H30IN5O2S. The van der Waals surface area contributed by atoms with Gasteiger partial charge in [0.2, 0.25) is 0 Å². The lowest BCUT2D eigenvalue weighted by atomic mass is 10.1. The highest BCUT2D eigenvalue weighted by atomic mass is 127. The summed E-state index contributed by atoms with van der Waals surface area (Å²) < 4.78 is 22.6. The molecule has 0 spiro atoms. The SMILES string of the molecule is CCNC(=NCc1cccc(C#N)c1)NC1CCN(CCS(C)(=O)=O)CC1.I. The Labute approximate surface area is 185 Å². The number of rotatable bonds is 7. The molecule has 9 heteroatoms. The molecular weight excluding hydrogens is 489 g/mol. The van der Waals surface area contributed by atoms with Gasteiger partial charge in [-0.2, -0.15) is 5.26 Å². The number of guanidine groups is 1. The summed E-state index contributed by atoms with van der Waals surface area (Å²) in [4.78, 5) is 6.84. The van der Waals surface area contributed by atoms with E-state index in [4.69, 9.17) is 5.26 Å². The van der Waals surface area contributed by atoms with Crippen molar-refractivity contribution in [2.75, 3.05) is 38.2 Å². The van der Waals surface area contributed by atoms with Crippen molar-refractivity contribution >= 4 is 39.8 Å². The highest BCUT2D eigenvalue weighted by Gasteiger charge is 2.20. The normalized spacial score (nSPS) is 16.1. The zero-order valence-electron chi connectivity index (χ0n) is 16.5. The van der Waals surface area contributed by atoms with Crippen molar-refractivity contribution in [3.05, 3.63) is 35.4 Å². The second-order valence-electron chi connectivity index (χ2n) is 6.90. The van der Waals surface area contributed by atoms with E-state index in [2.05, 4.69) is 26.6 Å². The minimum atomic E-state index is -2.91. The predicted octanol–water partition coefficient (Wildman–Crippen LogP) is 1.74. The molecule has 0 saturated carbocycles. The van der Waals surface area contributed by atoms with Crippen molar-refractivity contribution in [2.45, 2.75) is 32.4 Å². The molecule has 28 heavy (non-hydrogen) atoms. The first-order valence-corrected chi connectivity index (χ1v) is 11.4. The molecule has 156 valence electrons. The lowest BCUT2D eigenvalue weighted by Gasteiger charge is -2.32. The third-order valence-corrected chi connectivity index (χ3v) is 5.45. The van der Waals surface area contributed by atoms with Gasteiger partial charge in [-0.3, -0.25) is 0 Å². The molecule has 1 aromatic rings. The number of likely N-dealkylation sites (tertiary alicyclic amines) is 1. The molecule has 0 aromatic heterocycles. The molecule has 1 saturated heterocycles. The Morgan fingerprint density at radius 2 is 2.07 bits per heavy atom. The fourth-order valence-corrected chi connectivity index (χ4v) is 3.61. The number of hydrogen-bond acceptors (Lipinski definition) is 5. The van der Waals surface area contributed by atoms with Gasteiger partial charge in [0.1, 0.15) is 9.84 Å². The standard InChI is InChI=1S/C19H29N5O2S.HI/c1-3-21-19(22-15-17-6-4-5-16(13-17)14-20)23-18-7-9-24(10-8-18)11-12-27(2,25)26;/h4-6,13,18H,3,7-12,15H2,1-2H3,(H2,21,22,23);1H. The fourth-order valence-electron chi connectivity index (χ4n) is 3.02. The number of benzene rings is 1. The Balaban J connectivity index is 0.00000392. The smallest absolute Gasteiger partial charge is 0.191 e. The van der Waals surface area contributed by atoms with Gasteiger partial charge in [-0.25, -0.2) is 13.4 Å². The van der Waals surface area contributed by atoms with Crippen LogP contribution in [0.1, 0.15) is 30.9 Å². The molecule has 1 heterocycles. The average Bonchev–Trinajstić information content (AvgIpc) is 2.65. The van der Waals surface area contributed by atoms with Gasteiger partial charge in [0, 0.05) is 38.5 Å². The van der Waals surface area contributed by atoms with E-state index in [-0.39, 0.29) is 29.7 Å². The van der Waals surface area contributed by atoms with Gasteiger partial charge in [-0.15, -0.1) is 24.0 Å². The summed E-state index contributed by atoms with van der Waals surface area (Å²) in [7, 11) is -2.91. The Morgan fingerprint density at radius 3 is 2.68 bits per heavy atom. The minimum absolute atomic E-state index is 0. The van der Waals surface area contributed by atoms with Crippen LogP contribution >= 0.6 is 24.0 Å². The van der Waals surface area contributed by atoms with Gasteiger partial charge < -0.3 is 15.5 Å². The van der Waals surface area contributed by atoms with Crippen LogP contribution in [0.4, 0.5) is 0 Å². The van der Waals surface area contributed by atoms with Crippen molar-refractivity contribution in [3.8, 4) is 6.07 Å². The van der Waals surface area contributed by atoms with Gasteiger partial charge in [0.25, 0.3) is 0 Å². The van der Waals surface area contributed by atoms with E-state index in [9.17, 15) is 8.42 Å². The average molecular weight is 519 g/mol. The van der Waals surface area contributed by atoms with Crippen molar-refractivity contribution in [1.29, 1.82) is 5.26 Å². The van der Waals surface area contributed by atoms with Crippen LogP contribution < -0.4 is 10.6 Å². The zero-order chi connectivity index (χ0) is 19.7. The number of sulfone groups is 1. The van der Waals surface area contributed by atoms with Crippen LogP contribution in [0.2, 0.25) is 0 Å². The third-order valence-electron chi connectivity index (χ3n) is 4.53. The second kappa shape index (κ2) is 12.2. The van der Waals surface area contributed by atoms with Crippen molar-refractivity contribution in [1.82, 2.24) is 15.5 Å². The Hall–Kier alpha value is -1.38. The van der Waals surface area contributed by atoms with Gasteiger partial charge in [0.15, 0.2) is 5.96 Å². The molecule has 2 rings (SSSR count). The van der Waals surface area contributed by atoms with Crippen LogP contribution in [0.15, 0.2) is 29.3 Å². The summed E-state index contributed by atoms with van der Waals surface area (Å²) in [5, 5.41) is 15.7. The summed E-state index contributed by atoms with van der Waals surface area (Å²) in [6.07, 6.45) is 3.20. The Bertz CT molecular complexity index is 784. The largest absolute Gasteiger partial charge is 0.357 e. The summed E-state index contributed by atoms with van der Waals surface area (Å²) >= 11 is 0. The maximum atomic E-state index is 11.3. The molecule has 0 bridgehead atoms. The highest BCUT2D eigenvalue weighted by Crippen LogP contribution is 2.11. The second-order valence-corrected chi connectivity index (χ2v) is 9.16. The maximum absolute atomic E-state index is 11.3. The summed E-state index contributed by atoms with van der Waals surface area (Å²) in [6, 6.07) is 9.95. The molecule has 0 unspecified atom stereocenters. The van der Waals surface area contributed by atoms with E-state index < -0.39 is 9.84 Å². The topological polar surface area (TPSA) is 97.6 Å². The lowest BCUT2D eigenvalue weighted by molar-refractivity contribution is 0.216. The molecule has 7 nitrogen and oxygen atoms in total. The fraction of sp³-hybridized carbons (Fsp3) is 0.579. The van der Waals surface area contributed by atoms with Crippen LogP contribution in [0.5, 0.6) is 0 Å². The highest BCUT2D eigenvalue weighted by molar-refractivity contribution is 14.0. The van der Waals surface area contributed by atoms with E-state index in [1.165, 1.54) is 6.26 Å². The number of nitrogens with one attached hydrogen (secondary N) is 2. The van der Waals surface area contributed by atoms with Crippen LogP contribution in [0.3, 0.4) is 0 Å². The third kappa shape index (κ3) is 9.21. The monoisotopic (exact) mass is 519 g/mol. The van der Waals surface area contributed by atoms with E-state index in [0.29, 0.717) is 24.7 Å².